The lowest BCUT2D eigenvalue weighted by Gasteiger charge is -2.12. The maximum Gasteiger partial charge on any atom is 0.266 e. The lowest BCUT2D eigenvalue weighted by molar-refractivity contribution is -0.121. The van der Waals surface area contributed by atoms with Crippen LogP contribution in [0.2, 0.25) is 0 Å². The van der Waals surface area contributed by atoms with Gasteiger partial charge in [-0.25, -0.2) is 0 Å². The third-order valence-electron chi connectivity index (χ3n) is 3.97. The van der Waals surface area contributed by atoms with Crippen molar-refractivity contribution in [2.24, 2.45) is 0 Å². The van der Waals surface area contributed by atoms with E-state index in [0.29, 0.717) is 22.4 Å². The Morgan fingerprint density at radius 1 is 1.22 bits per heavy atom. The van der Waals surface area contributed by atoms with Gasteiger partial charge in [-0.3, -0.25) is 9.69 Å². The summed E-state index contributed by atoms with van der Waals surface area (Å²) in [6.45, 7) is 5.14. The molecule has 7 heteroatoms. The zero-order valence-corrected chi connectivity index (χ0v) is 20.7. The SMILES string of the molecule is CCN1C(=O)/C(=C/c2cc(I)c(OCc3cccc(C)c3)c(I)c2)SC1=S. The van der Waals surface area contributed by atoms with Gasteiger partial charge in [-0.2, -0.15) is 0 Å². The molecular formula is C20H17I2NO2S2. The maximum absolute atomic E-state index is 12.4. The molecule has 3 rings (SSSR count). The number of carbonyl (C=O) groups is 1. The van der Waals surface area contributed by atoms with Gasteiger partial charge in [-0.05, 0) is 88.4 Å². The molecule has 140 valence electrons. The molecule has 1 heterocycles. The molecular weight excluding hydrogens is 604 g/mol. The van der Waals surface area contributed by atoms with Crippen molar-refractivity contribution in [1.29, 1.82) is 0 Å². The fourth-order valence-corrected chi connectivity index (χ4v) is 6.19. The highest BCUT2D eigenvalue weighted by Gasteiger charge is 2.30. The van der Waals surface area contributed by atoms with E-state index in [1.54, 1.807) is 4.90 Å². The Morgan fingerprint density at radius 3 is 2.52 bits per heavy atom. The van der Waals surface area contributed by atoms with E-state index in [1.807, 2.05) is 31.2 Å². The van der Waals surface area contributed by atoms with E-state index >= 15 is 0 Å². The van der Waals surface area contributed by atoms with Gasteiger partial charge in [0.2, 0.25) is 0 Å². The van der Waals surface area contributed by atoms with Gasteiger partial charge in [-0.15, -0.1) is 0 Å². The third-order valence-corrected chi connectivity index (χ3v) is 6.95. The molecule has 0 spiro atoms. The van der Waals surface area contributed by atoms with Crippen molar-refractivity contribution in [3.8, 4) is 5.75 Å². The molecule has 0 N–H and O–H groups in total. The highest BCUT2D eigenvalue weighted by atomic mass is 127. The van der Waals surface area contributed by atoms with Crippen molar-refractivity contribution < 1.29 is 9.53 Å². The first-order valence-corrected chi connectivity index (χ1v) is 11.7. The number of ether oxygens (including phenoxy) is 1. The number of halogens is 2. The summed E-state index contributed by atoms with van der Waals surface area (Å²) in [5, 5.41) is 0. The summed E-state index contributed by atoms with van der Waals surface area (Å²) < 4.78 is 8.73. The maximum atomic E-state index is 12.4. The van der Waals surface area contributed by atoms with Crippen LogP contribution in [0.15, 0.2) is 41.3 Å². The largest absolute Gasteiger partial charge is 0.487 e. The quantitative estimate of drug-likeness (QED) is 0.233. The number of thiocarbonyl (C=S) groups is 1. The molecule has 0 saturated carbocycles. The first-order chi connectivity index (χ1) is 12.9. The minimum Gasteiger partial charge on any atom is -0.487 e. The molecule has 0 radical (unpaired) electrons. The van der Waals surface area contributed by atoms with Gasteiger partial charge in [0, 0.05) is 6.54 Å². The molecule has 2 aromatic carbocycles. The van der Waals surface area contributed by atoms with Crippen LogP contribution in [0.4, 0.5) is 0 Å². The number of benzene rings is 2. The number of carbonyl (C=O) groups excluding carboxylic acids is 1. The van der Waals surface area contributed by atoms with Crippen molar-refractivity contribution in [1.82, 2.24) is 4.90 Å². The fraction of sp³-hybridized carbons (Fsp3) is 0.200. The number of rotatable bonds is 5. The smallest absolute Gasteiger partial charge is 0.266 e. The van der Waals surface area contributed by atoms with Gasteiger partial charge in [0.1, 0.15) is 16.7 Å². The summed E-state index contributed by atoms with van der Waals surface area (Å²) in [4.78, 5) is 14.7. The van der Waals surface area contributed by atoms with Gasteiger partial charge < -0.3 is 4.74 Å². The van der Waals surface area contributed by atoms with Gasteiger partial charge in [-0.1, -0.05) is 53.8 Å². The first kappa shape index (κ1) is 21.1. The minimum atomic E-state index is -0.0164. The summed E-state index contributed by atoms with van der Waals surface area (Å²) in [5.41, 5.74) is 3.34. The lowest BCUT2D eigenvalue weighted by Crippen LogP contribution is -2.27. The Labute approximate surface area is 196 Å². The second-order valence-electron chi connectivity index (χ2n) is 6.02. The van der Waals surface area contributed by atoms with Crippen LogP contribution >= 0.6 is 69.2 Å². The zero-order chi connectivity index (χ0) is 19.6. The summed E-state index contributed by atoms with van der Waals surface area (Å²) in [6, 6.07) is 12.4. The molecule has 27 heavy (non-hydrogen) atoms. The Kier molecular flexibility index (Phi) is 7.20. The Balaban J connectivity index is 1.80. The van der Waals surface area contributed by atoms with Crippen LogP contribution in [0.25, 0.3) is 6.08 Å². The second kappa shape index (κ2) is 9.23. The van der Waals surface area contributed by atoms with Gasteiger partial charge in [0.25, 0.3) is 5.91 Å². The van der Waals surface area contributed by atoms with E-state index in [1.165, 1.54) is 17.3 Å². The average molecular weight is 621 g/mol. The highest BCUT2D eigenvalue weighted by Crippen LogP contribution is 2.35. The van der Waals surface area contributed by atoms with Crippen molar-refractivity contribution in [3.05, 3.63) is 65.1 Å². The Morgan fingerprint density at radius 2 is 1.93 bits per heavy atom. The zero-order valence-electron chi connectivity index (χ0n) is 14.8. The predicted molar refractivity (Wildman–Crippen MR) is 133 cm³/mol. The predicted octanol–water partition coefficient (Wildman–Crippen LogP) is 6.00. The molecule has 0 bridgehead atoms. The molecule has 0 aliphatic carbocycles. The molecule has 1 aliphatic rings. The van der Waals surface area contributed by atoms with E-state index in [0.717, 1.165) is 24.0 Å². The van der Waals surface area contributed by atoms with Crippen molar-refractivity contribution in [3.63, 3.8) is 0 Å². The molecule has 1 fully saturated rings. The number of hydrogen-bond acceptors (Lipinski definition) is 4. The van der Waals surface area contributed by atoms with Gasteiger partial charge in [0.05, 0.1) is 12.0 Å². The van der Waals surface area contributed by atoms with Crippen LogP contribution in [0.5, 0.6) is 5.75 Å². The number of nitrogens with zero attached hydrogens (tertiary/aromatic N) is 1. The van der Waals surface area contributed by atoms with Crippen LogP contribution in [0, 0.1) is 14.1 Å². The number of amides is 1. The normalized spacial score (nSPS) is 15.7. The number of hydrogen-bond donors (Lipinski definition) is 0. The van der Waals surface area contributed by atoms with E-state index in [-0.39, 0.29) is 5.91 Å². The average Bonchev–Trinajstić information content (AvgIpc) is 2.87. The molecule has 0 atom stereocenters. The molecule has 3 nitrogen and oxygen atoms in total. The lowest BCUT2D eigenvalue weighted by atomic mass is 10.1. The molecule has 1 amide bonds. The molecule has 1 saturated heterocycles. The number of thioether (sulfide) groups is 1. The van der Waals surface area contributed by atoms with E-state index in [4.69, 9.17) is 17.0 Å². The monoisotopic (exact) mass is 621 g/mol. The fourth-order valence-electron chi connectivity index (χ4n) is 2.68. The van der Waals surface area contributed by atoms with Crippen molar-refractivity contribution >= 4 is 85.5 Å². The van der Waals surface area contributed by atoms with E-state index in [2.05, 4.69) is 70.3 Å². The molecule has 1 aliphatic heterocycles. The highest BCUT2D eigenvalue weighted by molar-refractivity contribution is 14.1. The minimum absolute atomic E-state index is 0.0164. The summed E-state index contributed by atoms with van der Waals surface area (Å²) in [5.74, 6) is 0.855. The standard InChI is InChI=1S/C20H17I2NO2S2/c1-3-23-19(24)17(27-20(23)26)10-14-8-15(21)18(16(22)9-14)25-11-13-6-4-5-12(2)7-13/h4-10H,3,11H2,1-2H3/b17-10-. The summed E-state index contributed by atoms with van der Waals surface area (Å²) >= 11 is 11.2. The summed E-state index contributed by atoms with van der Waals surface area (Å²) in [7, 11) is 0. The topological polar surface area (TPSA) is 29.5 Å². The van der Waals surface area contributed by atoms with Gasteiger partial charge in [0.15, 0.2) is 0 Å². The molecule has 2 aromatic rings. The first-order valence-electron chi connectivity index (χ1n) is 8.31. The van der Waals surface area contributed by atoms with Crippen LogP contribution in [0.1, 0.15) is 23.6 Å². The van der Waals surface area contributed by atoms with Crippen LogP contribution in [0.3, 0.4) is 0 Å². The third kappa shape index (κ3) is 5.04. The number of likely N-dealkylation sites (N-methyl/N-ethyl adjacent to an activating group) is 1. The van der Waals surface area contributed by atoms with Crippen molar-refractivity contribution in [2.75, 3.05) is 6.54 Å². The second-order valence-corrected chi connectivity index (χ2v) is 10.0. The van der Waals surface area contributed by atoms with E-state index < -0.39 is 0 Å². The Bertz CT molecular complexity index is 920. The summed E-state index contributed by atoms with van der Waals surface area (Å²) in [6.07, 6.45) is 1.91. The van der Waals surface area contributed by atoms with E-state index in [9.17, 15) is 4.79 Å². The van der Waals surface area contributed by atoms with Gasteiger partial charge >= 0.3 is 0 Å². The molecule has 0 unspecified atom stereocenters. The van der Waals surface area contributed by atoms with Crippen LogP contribution in [-0.2, 0) is 11.4 Å². The Hall–Kier alpha value is -0.650. The van der Waals surface area contributed by atoms with Crippen LogP contribution in [-0.4, -0.2) is 21.7 Å². The van der Waals surface area contributed by atoms with Crippen LogP contribution < -0.4 is 4.74 Å². The molecule has 0 aromatic heterocycles. The van der Waals surface area contributed by atoms with Crippen molar-refractivity contribution in [2.45, 2.75) is 20.5 Å². The number of aryl methyl sites for hydroxylation is 1.